The van der Waals surface area contributed by atoms with Gasteiger partial charge in [-0.1, -0.05) is 39.1 Å². The molecule has 0 N–H and O–H groups in total. The summed E-state index contributed by atoms with van der Waals surface area (Å²) in [6.07, 6.45) is 0. The summed E-state index contributed by atoms with van der Waals surface area (Å²) in [7, 11) is 0. The van der Waals surface area contributed by atoms with Crippen LogP contribution in [0, 0.1) is 0 Å². The van der Waals surface area contributed by atoms with Gasteiger partial charge in [0, 0.05) is 14.5 Å². The second-order valence-corrected chi connectivity index (χ2v) is 6.38. The Morgan fingerprint density at radius 3 is 2.57 bits per heavy atom. The summed E-state index contributed by atoms with van der Waals surface area (Å²) in [6, 6.07) is 10.2. The Morgan fingerprint density at radius 1 is 1.05 bits per heavy atom. The summed E-state index contributed by atoms with van der Waals surface area (Å²) in [5.74, 6) is -1.07. The predicted molar refractivity (Wildman–Crippen MR) is 86.1 cm³/mol. The first-order valence-electron chi connectivity index (χ1n) is 6.07. The van der Waals surface area contributed by atoms with E-state index < -0.39 is 11.7 Å². The van der Waals surface area contributed by atoms with Gasteiger partial charge in [0.25, 0.3) is 11.7 Å². The van der Waals surface area contributed by atoms with Gasteiger partial charge in [0.15, 0.2) is 0 Å². The van der Waals surface area contributed by atoms with Gasteiger partial charge in [-0.05, 0) is 42.0 Å². The van der Waals surface area contributed by atoms with Crippen LogP contribution in [-0.4, -0.2) is 11.7 Å². The number of hydrogen-bond donors (Lipinski definition) is 0. The molecule has 0 atom stereocenters. The molecule has 0 spiro atoms. The summed E-state index contributed by atoms with van der Waals surface area (Å²) < 4.78 is 0.755. The Hall–Kier alpha value is -1.36. The van der Waals surface area contributed by atoms with Crippen LogP contribution in [0.5, 0.6) is 0 Å². The molecule has 1 aliphatic rings. The molecule has 0 bridgehead atoms. The average molecular weight is 385 g/mol. The van der Waals surface area contributed by atoms with Crippen LogP contribution in [0.3, 0.4) is 0 Å². The van der Waals surface area contributed by atoms with E-state index in [-0.39, 0.29) is 6.54 Å². The van der Waals surface area contributed by atoms with Gasteiger partial charge in [0.1, 0.15) is 0 Å². The largest absolute Gasteiger partial charge is 0.300 e. The van der Waals surface area contributed by atoms with E-state index in [2.05, 4.69) is 15.9 Å². The maximum Gasteiger partial charge on any atom is 0.299 e. The van der Waals surface area contributed by atoms with Crippen molar-refractivity contribution in [3.63, 3.8) is 0 Å². The van der Waals surface area contributed by atoms with Crippen molar-refractivity contribution in [2.45, 2.75) is 6.54 Å². The number of benzene rings is 2. The van der Waals surface area contributed by atoms with Gasteiger partial charge in [-0.2, -0.15) is 0 Å². The van der Waals surface area contributed by atoms with Gasteiger partial charge >= 0.3 is 0 Å². The lowest BCUT2D eigenvalue weighted by molar-refractivity contribution is -0.114. The highest BCUT2D eigenvalue weighted by Gasteiger charge is 2.36. The van der Waals surface area contributed by atoms with Crippen LogP contribution in [0.25, 0.3) is 0 Å². The second kappa shape index (κ2) is 5.44. The first kappa shape index (κ1) is 14.6. The molecular formula is C15H8BrCl2NO2. The number of fused-ring (bicyclic) bond motifs is 1. The molecule has 3 rings (SSSR count). The Labute approximate surface area is 139 Å². The molecule has 2 aromatic carbocycles. The predicted octanol–water partition coefficient (Wildman–Crippen LogP) is 4.49. The molecule has 0 unspecified atom stereocenters. The van der Waals surface area contributed by atoms with Crippen LogP contribution in [0.2, 0.25) is 10.0 Å². The average Bonchev–Trinajstić information content (AvgIpc) is 2.68. The van der Waals surface area contributed by atoms with Crippen LogP contribution in [0.1, 0.15) is 15.9 Å². The number of nitrogens with zero attached hydrogens (tertiary/aromatic N) is 1. The fourth-order valence-electron chi connectivity index (χ4n) is 2.26. The molecule has 0 saturated heterocycles. The maximum atomic E-state index is 12.2. The number of carbonyl (C=O) groups excluding carboxylic acids is 2. The maximum absolute atomic E-state index is 12.2. The number of amides is 1. The molecule has 0 aromatic heterocycles. The van der Waals surface area contributed by atoms with Crippen LogP contribution in [0.4, 0.5) is 5.69 Å². The molecular weight excluding hydrogens is 377 g/mol. The highest BCUT2D eigenvalue weighted by molar-refractivity contribution is 9.10. The third kappa shape index (κ3) is 2.59. The molecule has 1 amide bonds. The van der Waals surface area contributed by atoms with E-state index in [0.717, 1.165) is 4.47 Å². The summed E-state index contributed by atoms with van der Waals surface area (Å²) in [6.45, 7) is 0.207. The van der Waals surface area contributed by atoms with E-state index in [0.29, 0.717) is 26.9 Å². The zero-order valence-electron chi connectivity index (χ0n) is 10.6. The third-order valence-corrected chi connectivity index (χ3v) is 4.37. The zero-order valence-corrected chi connectivity index (χ0v) is 13.7. The summed E-state index contributed by atoms with van der Waals surface area (Å²) in [5.41, 5.74) is 1.68. The van der Waals surface area contributed by atoms with Gasteiger partial charge in [-0.3, -0.25) is 9.59 Å². The molecule has 3 nitrogen and oxygen atoms in total. The minimum atomic E-state index is -0.556. The number of hydrogen-bond acceptors (Lipinski definition) is 2. The van der Waals surface area contributed by atoms with E-state index in [1.54, 1.807) is 36.4 Å². The minimum Gasteiger partial charge on any atom is -0.300 e. The normalized spacial score (nSPS) is 13.8. The first-order valence-corrected chi connectivity index (χ1v) is 7.62. The molecule has 6 heteroatoms. The Balaban J connectivity index is 2.02. The van der Waals surface area contributed by atoms with Gasteiger partial charge in [0.2, 0.25) is 0 Å². The highest BCUT2D eigenvalue weighted by Crippen LogP contribution is 2.33. The van der Waals surface area contributed by atoms with E-state index >= 15 is 0 Å². The SMILES string of the molecule is O=C1C(=O)N(Cc2cc(Cl)ccc2Cl)c2ccc(Br)cc21. The number of ketones is 1. The highest BCUT2D eigenvalue weighted by atomic mass is 79.9. The van der Waals surface area contributed by atoms with E-state index in [4.69, 9.17) is 23.2 Å². The van der Waals surface area contributed by atoms with Crippen molar-refractivity contribution in [2.24, 2.45) is 0 Å². The van der Waals surface area contributed by atoms with Crippen molar-refractivity contribution in [3.05, 3.63) is 62.0 Å². The number of anilines is 1. The van der Waals surface area contributed by atoms with Gasteiger partial charge < -0.3 is 4.90 Å². The Kier molecular flexibility index (Phi) is 3.78. The van der Waals surface area contributed by atoms with Gasteiger partial charge in [-0.25, -0.2) is 0 Å². The molecule has 0 aliphatic carbocycles. The fourth-order valence-corrected chi connectivity index (χ4v) is 3.00. The lowest BCUT2D eigenvalue weighted by Crippen LogP contribution is -2.29. The molecule has 0 fully saturated rings. The van der Waals surface area contributed by atoms with Crippen molar-refractivity contribution in [1.82, 2.24) is 0 Å². The minimum absolute atomic E-state index is 0.207. The topological polar surface area (TPSA) is 37.4 Å². The Bertz CT molecular complexity index is 776. The molecule has 0 saturated carbocycles. The monoisotopic (exact) mass is 383 g/mol. The number of Topliss-reactive ketones (excluding diaryl/α,β-unsaturated/α-hetero) is 1. The van der Waals surface area contributed by atoms with Crippen molar-refractivity contribution in [2.75, 3.05) is 4.90 Å². The van der Waals surface area contributed by atoms with Crippen molar-refractivity contribution in [1.29, 1.82) is 0 Å². The second-order valence-electron chi connectivity index (χ2n) is 4.62. The van der Waals surface area contributed by atoms with E-state index in [1.807, 2.05) is 0 Å². The lowest BCUT2D eigenvalue weighted by Gasteiger charge is -2.17. The number of halogens is 3. The molecule has 106 valence electrons. The summed E-state index contributed by atoms with van der Waals surface area (Å²) in [5, 5.41) is 1.04. The van der Waals surface area contributed by atoms with E-state index in [1.165, 1.54) is 4.90 Å². The summed E-state index contributed by atoms with van der Waals surface area (Å²) >= 11 is 15.4. The number of rotatable bonds is 2. The van der Waals surface area contributed by atoms with E-state index in [9.17, 15) is 9.59 Å². The van der Waals surface area contributed by atoms with Crippen molar-refractivity contribution in [3.8, 4) is 0 Å². The number of carbonyl (C=O) groups is 2. The zero-order chi connectivity index (χ0) is 15.1. The van der Waals surface area contributed by atoms with Crippen LogP contribution < -0.4 is 4.90 Å². The smallest absolute Gasteiger partial charge is 0.299 e. The van der Waals surface area contributed by atoms with Crippen LogP contribution >= 0.6 is 39.1 Å². The molecule has 0 radical (unpaired) electrons. The molecule has 1 aliphatic heterocycles. The molecule has 2 aromatic rings. The van der Waals surface area contributed by atoms with Crippen LogP contribution in [-0.2, 0) is 11.3 Å². The summed E-state index contributed by atoms with van der Waals surface area (Å²) in [4.78, 5) is 25.6. The van der Waals surface area contributed by atoms with Crippen molar-refractivity contribution >= 4 is 56.5 Å². The molecule has 21 heavy (non-hydrogen) atoms. The quantitative estimate of drug-likeness (QED) is 0.715. The standard InChI is InChI=1S/C15H8BrCl2NO2/c16-9-1-4-13-11(6-9)14(20)15(21)19(13)7-8-5-10(17)2-3-12(8)18/h1-6H,7H2. The fraction of sp³-hybridized carbons (Fsp3) is 0.0667. The lowest BCUT2D eigenvalue weighted by atomic mass is 10.1. The van der Waals surface area contributed by atoms with Crippen LogP contribution in [0.15, 0.2) is 40.9 Å². The van der Waals surface area contributed by atoms with Crippen molar-refractivity contribution < 1.29 is 9.59 Å². The Morgan fingerprint density at radius 2 is 1.81 bits per heavy atom. The third-order valence-electron chi connectivity index (χ3n) is 3.27. The first-order chi connectivity index (χ1) is 9.97. The molecule has 1 heterocycles. The van der Waals surface area contributed by atoms with Gasteiger partial charge in [0.05, 0.1) is 17.8 Å². The van der Waals surface area contributed by atoms with Gasteiger partial charge in [-0.15, -0.1) is 0 Å².